The molecule has 2 aliphatic rings. The lowest BCUT2D eigenvalue weighted by atomic mass is 9.72. The van der Waals surface area contributed by atoms with Gasteiger partial charge < -0.3 is 20.9 Å². The third kappa shape index (κ3) is 4.31. The Labute approximate surface area is 176 Å². The van der Waals surface area contributed by atoms with Crippen LogP contribution in [-0.2, 0) is 16.1 Å². The first kappa shape index (κ1) is 20.3. The van der Waals surface area contributed by atoms with Gasteiger partial charge in [0.1, 0.15) is 11.7 Å². The highest BCUT2D eigenvalue weighted by atomic mass is 16.2. The molecule has 1 unspecified atom stereocenters. The van der Waals surface area contributed by atoms with Crippen molar-refractivity contribution in [1.29, 1.82) is 0 Å². The van der Waals surface area contributed by atoms with Crippen LogP contribution in [0.4, 0.5) is 0 Å². The molecule has 158 valence electrons. The molecule has 4 atom stereocenters. The minimum absolute atomic E-state index is 0.0778. The molecule has 0 aromatic carbocycles. The molecule has 4 rings (SSSR count). The van der Waals surface area contributed by atoms with Gasteiger partial charge in [-0.25, -0.2) is 4.98 Å². The third-order valence-corrected chi connectivity index (χ3v) is 6.34. The molecule has 4 N–H and O–H groups in total. The Morgan fingerprint density at radius 1 is 1.37 bits per heavy atom. The summed E-state index contributed by atoms with van der Waals surface area (Å²) < 4.78 is 0. The van der Waals surface area contributed by atoms with Crippen LogP contribution in [0.3, 0.4) is 0 Å². The number of aromatic nitrogens is 2. The summed E-state index contributed by atoms with van der Waals surface area (Å²) in [6, 6.07) is 3.07. The van der Waals surface area contributed by atoms with Crippen molar-refractivity contribution in [2.24, 2.45) is 11.3 Å². The van der Waals surface area contributed by atoms with Crippen LogP contribution in [0.5, 0.6) is 0 Å². The molecular formula is C23H29N5O2. The number of rotatable bonds is 6. The summed E-state index contributed by atoms with van der Waals surface area (Å²) in [6.45, 7) is 5.13. The van der Waals surface area contributed by atoms with Gasteiger partial charge in [0.2, 0.25) is 11.8 Å². The lowest BCUT2D eigenvalue weighted by molar-refractivity contribution is -0.129. The first-order chi connectivity index (χ1) is 14.4. The average molecular weight is 408 g/mol. The van der Waals surface area contributed by atoms with Crippen LogP contribution in [0.2, 0.25) is 0 Å². The molecule has 0 radical (unpaired) electrons. The quantitative estimate of drug-likeness (QED) is 0.590. The van der Waals surface area contributed by atoms with Crippen LogP contribution in [0.15, 0.2) is 48.8 Å². The van der Waals surface area contributed by atoms with E-state index in [9.17, 15) is 9.59 Å². The lowest BCUT2D eigenvalue weighted by Crippen LogP contribution is -2.49. The van der Waals surface area contributed by atoms with Crippen LogP contribution >= 0.6 is 0 Å². The Morgan fingerprint density at radius 3 is 3.03 bits per heavy atom. The summed E-state index contributed by atoms with van der Waals surface area (Å²) in [5.41, 5.74) is 1.81. The number of aromatic amines is 1. The predicted octanol–water partition coefficient (Wildman–Crippen LogP) is 2.18. The van der Waals surface area contributed by atoms with Gasteiger partial charge in [-0.2, -0.15) is 0 Å². The molecule has 7 heteroatoms. The van der Waals surface area contributed by atoms with E-state index in [1.165, 1.54) is 0 Å². The monoisotopic (exact) mass is 407 g/mol. The number of allylic oxidation sites excluding steroid dienone is 4. The molecule has 2 aromatic rings. The van der Waals surface area contributed by atoms with Gasteiger partial charge in [0.25, 0.3) is 0 Å². The van der Waals surface area contributed by atoms with Crippen LogP contribution < -0.4 is 16.0 Å². The molecule has 1 fully saturated rings. The lowest BCUT2D eigenvalue weighted by Gasteiger charge is -2.32. The molecule has 2 aromatic heterocycles. The maximum Gasteiger partial charge on any atom is 0.242 e. The second-order valence-corrected chi connectivity index (χ2v) is 8.60. The van der Waals surface area contributed by atoms with E-state index in [2.05, 4.69) is 57.1 Å². The Balaban J connectivity index is 1.26. The van der Waals surface area contributed by atoms with Gasteiger partial charge in [-0.05, 0) is 55.3 Å². The smallest absolute Gasteiger partial charge is 0.242 e. The van der Waals surface area contributed by atoms with Gasteiger partial charge in [-0.3, -0.25) is 9.59 Å². The second-order valence-electron chi connectivity index (χ2n) is 8.60. The topological polar surface area (TPSA) is 98.9 Å². The van der Waals surface area contributed by atoms with Crippen LogP contribution in [0, 0.1) is 11.3 Å². The molecule has 7 nitrogen and oxygen atoms in total. The fourth-order valence-corrected chi connectivity index (χ4v) is 4.29. The first-order valence-electron chi connectivity index (χ1n) is 10.5. The summed E-state index contributed by atoms with van der Waals surface area (Å²) in [6.07, 6.45) is 13.9. The van der Waals surface area contributed by atoms with E-state index in [0.29, 0.717) is 12.5 Å². The normalized spacial score (nSPS) is 26.6. The van der Waals surface area contributed by atoms with Crippen molar-refractivity contribution >= 4 is 22.8 Å². The minimum atomic E-state index is -0.601. The molecular weight excluding hydrogens is 378 g/mol. The maximum atomic E-state index is 12.7. The summed E-state index contributed by atoms with van der Waals surface area (Å²) in [7, 11) is 0. The Hall–Kier alpha value is -2.93. The largest absolute Gasteiger partial charge is 0.350 e. The van der Waals surface area contributed by atoms with Gasteiger partial charge in [0, 0.05) is 24.3 Å². The molecule has 0 saturated carbocycles. The third-order valence-electron chi connectivity index (χ3n) is 6.34. The van der Waals surface area contributed by atoms with E-state index in [4.69, 9.17) is 0 Å². The van der Waals surface area contributed by atoms with Gasteiger partial charge in [0.05, 0.1) is 6.04 Å². The standard InChI is InChI=1S/C23H29N5O2/c1-15(21(29)27-13-16-10-17-6-9-24-20(17)26-12-16)28-22(30)19-11-18(14-25-19)23(2)7-4-3-5-8-23/h3-7,9-10,12,15,18-19,25H,8,11,13-14H2,1-2H3,(H,24,26)(H,27,29)(H,28,30)/t15-,18-,19+,23?/m0/s1. The van der Waals surface area contributed by atoms with Crippen LogP contribution in [0.25, 0.3) is 11.0 Å². The van der Waals surface area contributed by atoms with Crippen molar-refractivity contribution in [1.82, 2.24) is 25.9 Å². The molecule has 1 saturated heterocycles. The highest BCUT2D eigenvalue weighted by Gasteiger charge is 2.39. The van der Waals surface area contributed by atoms with Gasteiger partial charge >= 0.3 is 0 Å². The van der Waals surface area contributed by atoms with Crippen molar-refractivity contribution in [3.8, 4) is 0 Å². The highest BCUT2D eigenvalue weighted by molar-refractivity contribution is 5.89. The molecule has 0 bridgehead atoms. The summed E-state index contributed by atoms with van der Waals surface area (Å²) >= 11 is 0. The van der Waals surface area contributed by atoms with Crippen molar-refractivity contribution in [3.05, 3.63) is 54.4 Å². The number of carbonyl (C=O) groups is 2. The van der Waals surface area contributed by atoms with E-state index in [1.54, 1.807) is 13.1 Å². The van der Waals surface area contributed by atoms with E-state index >= 15 is 0 Å². The number of fused-ring (bicyclic) bond motifs is 1. The average Bonchev–Trinajstić information content (AvgIpc) is 3.42. The number of hydrogen-bond acceptors (Lipinski definition) is 4. The van der Waals surface area contributed by atoms with Crippen molar-refractivity contribution in [3.63, 3.8) is 0 Å². The molecule has 1 aliphatic heterocycles. The Kier molecular flexibility index (Phi) is 5.72. The number of pyridine rings is 1. The Morgan fingerprint density at radius 2 is 2.23 bits per heavy atom. The van der Waals surface area contributed by atoms with Gasteiger partial charge in [-0.1, -0.05) is 31.2 Å². The van der Waals surface area contributed by atoms with Crippen molar-refractivity contribution in [2.45, 2.75) is 45.3 Å². The number of carbonyl (C=O) groups excluding carboxylic acids is 2. The summed E-state index contributed by atoms with van der Waals surface area (Å²) in [4.78, 5) is 32.5. The summed E-state index contributed by atoms with van der Waals surface area (Å²) in [5, 5.41) is 10.1. The maximum absolute atomic E-state index is 12.7. The molecule has 2 amide bonds. The zero-order chi connectivity index (χ0) is 21.1. The molecule has 3 heterocycles. The zero-order valence-corrected chi connectivity index (χ0v) is 17.4. The predicted molar refractivity (Wildman–Crippen MR) is 116 cm³/mol. The number of nitrogens with zero attached hydrogens (tertiary/aromatic N) is 1. The Bertz CT molecular complexity index is 994. The van der Waals surface area contributed by atoms with E-state index in [-0.39, 0.29) is 23.3 Å². The van der Waals surface area contributed by atoms with Crippen molar-refractivity contribution in [2.75, 3.05) is 6.54 Å². The van der Waals surface area contributed by atoms with E-state index in [0.717, 1.165) is 36.0 Å². The number of H-pyrrole nitrogens is 1. The van der Waals surface area contributed by atoms with Crippen LogP contribution in [0.1, 0.15) is 32.3 Å². The van der Waals surface area contributed by atoms with Gasteiger partial charge in [-0.15, -0.1) is 0 Å². The number of amides is 2. The van der Waals surface area contributed by atoms with Crippen LogP contribution in [-0.4, -0.2) is 40.4 Å². The van der Waals surface area contributed by atoms with Gasteiger partial charge in [0.15, 0.2) is 0 Å². The second kappa shape index (κ2) is 8.44. The zero-order valence-electron chi connectivity index (χ0n) is 17.4. The molecule has 1 aliphatic carbocycles. The van der Waals surface area contributed by atoms with E-state index < -0.39 is 6.04 Å². The number of nitrogens with one attached hydrogen (secondary N) is 4. The SMILES string of the molecule is C[C@H](NC(=O)[C@H]1C[C@H](C2(C)C=CC=CC2)CN1)C(=O)NCc1cnc2[nH]ccc2c1. The number of hydrogen-bond donors (Lipinski definition) is 4. The van der Waals surface area contributed by atoms with E-state index in [1.807, 2.05) is 18.3 Å². The minimum Gasteiger partial charge on any atom is -0.350 e. The molecule has 30 heavy (non-hydrogen) atoms. The van der Waals surface area contributed by atoms with Crippen molar-refractivity contribution < 1.29 is 9.59 Å². The first-order valence-corrected chi connectivity index (χ1v) is 10.5. The fraction of sp³-hybridized carbons (Fsp3) is 0.435. The highest BCUT2D eigenvalue weighted by Crippen LogP contribution is 2.40. The summed E-state index contributed by atoms with van der Waals surface area (Å²) in [5.74, 6) is 0.0725. The fourth-order valence-electron chi connectivity index (χ4n) is 4.29. The molecule has 0 spiro atoms.